The Hall–Kier alpha value is -0.180. The van der Waals surface area contributed by atoms with E-state index in [9.17, 15) is 8.78 Å². The van der Waals surface area contributed by atoms with E-state index in [1.54, 1.807) is 6.92 Å². The summed E-state index contributed by atoms with van der Waals surface area (Å²) in [5.41, 5.74) is 0. The van der Waals surface area contributed by atoms with Gasteiger partial charge in [-0.2, -0.15) is 0 Å². The van der Waals surface area contributed by atoms with Crippen molar-refractivity contribution >= 4 is 0 Å². The minimum atomic E-state index is -0.835. The molecule has 0 amide bonds. The topological polar surface area (TPSA) is 3.24 Å². The highest BCUT2D eigenvalue weighted by atomic mass is 19.1. The third-order valence-electron chi connectivity index (χ3n) is 3.71. The van der Waals surface area contributed by atoms with E-state index in [4.69, 9.17) is 0 Å². The summed E-state index contributed by atoms with van der Waals surface area (Å²) in [4.78, 5) is 2.06. The van der Waals surface area contributed by atoms with Crippen LogP contribution >= 0.6 is 0 Å². The Morgan fingerprint density at radius 3 is 2.79 bits per heavy atom. The normalized spacial score (nSPS) is 45.4. The molecular weight excluding hydrogens is 184 g/mol. The highest BCUT2D eigenvalue weighted by Crippen LogP contribution is 2.40. The quantitative estimate of drug-likeness (QED) is 0.666. The van der Waals surface area contributed by atoms with Gasteiger partial charge in [0.25, 0.3) is 0 Å². The van der Waals surface area contributed by atoms with E-state index in [0.29, 0.717) is 12.6 Å². The van der Waals surface area contributed by atoms with Crippen molar-refractivity contribution in [2.45, 2.75) is 57.5 Å². The monoisotopic (exact) mass is 203 g/mol. The standard InChI is InChI=1S/C11H19F2N/c1-7-5-9-3-4-10(11(7)13)14(9)6-8(2)12/h7-11H,3-6H2,1-2H3/t7-,8?,9-,10+,11-/m1/s1. The predicted octanol–water partition coefficient (Wildman–Crippen LogP) is 2.56. The van der Waals surface area contributed by atoms with Crippen LogP contribution < -0.4 is 0 Å². The molecule has 2 fully saturated rings. The number of hydrogen-bond donors (Lipinski definition) is 0. The second-order valence-corrected chi connectivity index (χ2v) is 4.93. The molecule has 2 heterocycles. The Labute approximate surface area is 84.5 Å². The van der Waals surface area contributed by atoms with Crippen LogP contribution in [-0.2, 0) is 0 Å². The first-order valence-corrected chi connectivity index (χ1v) is 5.63. The zero-order chi connectivity index (χ0) is 10.3. The first kappa shape index (κ1) is 10.3. The van der Waals surface area contributed by atoms with E-state index in [2.05, 4.69) is 4.90 Å². The molecule has 0 aromatic heterocycles. The van der Waals surface area contributed by atoms with Crippen LogP contribution in [0.3, 0.4) is 0 Å². The van der Waals surface area contributed by atoms with Gasteiger partial charge in [-0.3, -0.25) is 4.90 Å². The first-order chi connectivity index (χ1) is 6.59. The summed E-state index contributed by atoms with van der Waals surface area (Å²) in [5, 5.41) is 0. The summed E-state index contributed by atoms with van der Waals surface area (Å²) in [6, 6.07) is 0.446. The third-order valence-corrected chi connectivity index (χ3v) is 3.71. The molecule has 0 spiro atoms. The van der Waals surface area contributed by atoms with Crippen LogP contribution in [0.15, 0.2) is 0 Å². The van der Waals surface area contributed by atoms with Crippen LogP contribution in [0.2, 0.25) is 0 Å². The summed E-state index contributed by atoms with van der Waals surface area (Å²) in [5.74, 6) is 0.165. The molecule has 2 aliphatic heterocycles. The Kier molecular flexibility index (Phi) is 2.78. The van der Waals surface area contributed by atoms with Crippen molar-refractivity contribution in [3.05, 3.63) is 0 Å². The zero-order valence-corrected chi connectivity index (χ0v) is 8.92. The molecule has 2 rings (SSSR count). The lowest BCUT2D eigenvalue weighted by Gasteiger charge is -2.40. The molecule has 2 bridgehead atoms. The van der Waals surface area contributed by atoms with Crippen LogP contribution in [-0.4, -0.2) is 35.9 Å². The van der Waals surface area contributed by atoms with Crippen LogP contribution in [0, 0.1) is 5.92 Å². The summed E-state index contributed by atoms with van der Waals surface area (Å²) in [7, 11) is 0. The van der Waals surface area contributed by atoms with Crippen molar-refractivity contribution in [3.63, 3.8) is 0 Å². The van der Waals surface area contributed by atoms with Crippen molar-refractivity contribution in [2.24, 2.45) is 5.92 Å². The molecule has 0 N–H and O–H groups in total. The summed E-state index contributed by atoms with van der Waals surface area (Å²) >= 11 is 0. The maximum atomic E-state index is 13.8. The zero-order valence-electron chi connectivity index (χ0n) is 8.92. The predicted molar refractivity (Wildman–Crippen MR) is 52.8 cm³/mol. The third kappa shape index (κ3) is 1.67. The number of nitrogens with zero attached hydrogens (tertiary/aromatic N) is 1. The average molecular weight is 203 g/mol. The minimum Gasteiger partial charge on any atom is -0.292 e. The van der Waals surface area contributed by atoms with Gasteiger partial charge in [0, 0.05) is 18.6 Å². The molecule has 0 radical (unpaired) electrons. The molecule has 2 aliphatic rings. The maximum absolute atomic E-state index is 13.8. The lowest BCUT2D eigenvalue weighted by atomic mass is 9.90. The SMILES string of the molecule is CC(F)CN1[C@@H]2CC[C@H]1[C@H](F)[C@H](C)C2. The van der Waals surface area contributed by atoms with Crippen molar-refractivity contribution in [1.29, 1.82) is 0 Å². The fraction of sp³-hybridized carbons (Fsp3) is 1.00. The molecule has 0 saturated carbocycles. The number of halogens is 2. The fourth-order valence-electron chi connectivity index (χ4n) is 3.07. The molecule has 0 aromatic carbocycles. The van der Waals surface area contributed by atoms with Gasteiger partial charge >= 0.3 is 0 Å². The van der Waals surface area contributed by atoms with Gasteiger partial charge in [-0.1, -0.05) is 6.92 Å². The van der Waals surface area contributed by atoms with Gasteiger partial charge in [-0.15, -0.1) is 0 Å². The fourth-order valence-corrected chi connectivity index (χ4v) is 3.07. The van der Waals surface area contributed by atoms with Crippen molar-refractivity contribution in [2.75, 3.05) is 6.54 Å². The van der Waals surface area contributed by atoms with Crippen molar-refractivity contribution in [1.82, 2.24) is 4.90 Å². The smallest absolute Gasteiger partial charge is 0.118 e. The maximum Gasteiger partial charge on any atom is 0.118 e. The Bertz CT molecular complexity index is 207. The molecule has 0 aliphatic carbocycles. The molecule has 14 heavy (non-hydrogen) atoms. The molecule has 1 nitrogen and oxygen atoms in total. The Balaban J connectivity index is 2.06. The van der Waals surface area contributed by atoms with E-state index in [0.717, 1.165) is 19.3 Å². The average Bonchev–Trinajstić information content (AvgIpc) is 2.39. The van der Waals surface area contributed by atoms with E-state index in [-0.39, 0.29) is 12.0 Å². The summed E-state index contributed by atoms with van der Waals surface area (Å²) in [6.45, 7) is 3.96. The number of piperidine rings is 1. The van der Waals surface area contributed by atoms with E-state index in [1.165, 1.54) is 0 Å². The van der Waals surface area contributed by atoms with Crippen LogP contribution in [0.25, 0.3) is 0 Å². The first-order valence-electron chi connectivity index (χ1n) is 5.63. The summed E-state index contributed by atoms with van der Waals surface area (Å²) in [6.07, 6.45) is 1.31. The van der Waals surface area contributed by atoms with Crippen LogP contribution in [0.4, 0.5) is 8.78 Å². The Morgan fingerprint density at radius 1 is 1.43 bits per heavy atom. The van der Waals surface area contributed by atoms with Gasteiger partial charge in [0.2, 0.25) is 0 Å². The second kappa shape index (κ2) is 3.76. The van der Waals surface area contributed by atoms with E-state index in [1.807, 2.05) is 6.92 Å². The molecule has 3 heteroatoms. The van der Waals surface area contributed by atoms with Crippen molar-refractivity contribution < 1.29 is 8.78 Å². The van der Waals surface area contributed by atoms with Crippen LogP contribution in [0.1, 0.15) is 33.1 Å². The van der Waals surface area contributed by atoms with Gasteiger partial charge in [0.15, 0.2) is 0 Å². The van der Waals surface area contributed by atoms with Crippen molar-refractivity contribution in [3.8, 4) is 0 Å². The molecule has 0 aromatic rings. The number of fused-ring (bicyclic) bond motifs is 2. The van der Waals surface area contributed by atoms with Gasteiger partial charge in [0.05, 0.1) is 0 Å². The minimum absolute atomic E-state index is 0.00181. The van der Waals surface area contributed by atoms with Gasteiger partial charge in [-0.25, -0.2) is 8.78 Å². The van der Waals surface area contributed by atoms with Gasteiger partial charge in [0.1, 0.15) is 12.3 Å². The molecule has 2 saturated heterocycles. The highest BCUT2D eigenvalue weighted by molar-refractivity contribution is 4.99. The lowest BCUT2D eigenvalue weighted by Crippen LogP contribution is -2.51. The molecule has 82 valence electrons. The number of alkyl halides is 2. The van der Waals surface area contributed by atoms with Gasteiger partial charge in [-0.05, 0) is 32.1 Å². The highest BCUT2D eigenvalue weighted by Gasteiger charge is 2.46. The van der Waals surface area contributed by atoms with Gasteiger partial charge < -0.3 is 0 Å². The lowest BCUT2D eigenvalue weighted by molar-refractivity contribution is 0.0164. The largest absolute Gasteiger partial charge is 0.292 e. The molecular formula is C11H19F2N. The molecule has 1 unspecified atom stereocenters. The van der Waals surface area contributed by atoms with Crippen LogP contribution in [0.5, 0.6) is 0 Å². The Morgan fingerprint density at radius 2 is 2.14 bits per heavy atom. The second-order valence-electron chi connectivity index (χ2n) is 4.93. The van der Waals surface area contributed by atoms with E-state index < -0.39 is 12.3 Å². The summed E-state index contributed by atoms with van der Waals surface area (Å²) < 4.78 is 26.7. The number of rotatable bonds is 2. The number of hydrogen-bond acceptors (Lipinski definition) is 1. The van der Waals surface area contributed by atoms with E-state index >= 15 is 0 Å². The molecule has 5 atom stereocenters.